The Morgan fingerprint density at radius 2 is 1.12 bits per heavy atom. The lowest BCUT2D eigenvalue weighted by molar-refractivity contribution is -0.146. The van der Waals surface area contributed by atoms with Crippen molar-refractivity contribution in [2.75, 3.05) is 26.2 Å². The highest BCUT2D eigenvalue weighted by atomic mass is 16.4. The van der Waals surface area contributed by atoms with E-state index in [9.17, 15) is 83.4 Å². The number of likely N-dealkylation sites (tertiary alicyclic amines) is 1. The Balaban J connectivity index is 3.23. The topological polar surface area (TPSA) is 461 Å². The van der Waals surface area contributed by atoms with E-state index in [1.807, 2.05) is 0 Å². The Morgan fingerprint density at radius 1 is 0.609 bits per heavy atom. The summed E-state index contributed by atoms with van der Waals surface area (Å²) < 4.78 is 0. The Kier molecular flexibility index (Phi) is 26.3. The molecule has 1 aliphatic heterocycles. The largest absolute Gasteiger partial charge is 0.481 e. The average molecular weight is 990 g/mol. The van der Waals surface area contributed by atoms with Gasteiger partial charge in [-0.1, -0.05) is 13.8 Å². The number of carboxylic acid groups (broad SMARTS) is 2. The minimum Gasteiger partial charge on any atom is -0.481 e. The molecule has 1 heterocycles. The first-order chi connectivity index (χ1) is 32.2. The molecule has 0 aliphatic carbocycles. The molecule has 69 heavy (non-hydrogen) atoms. The van der Waals surface area contributed by atoms with Crippen molar-refractivity contribution in [1.82, 2.24) is 47.4 Å². The maximum absolute atomic E-state index is 13.9. The zero-order valence-electron chi connectivity index (χ0n) is 39.6. The van der Waals surface area contributed by atoms with Crippen molar-refractivity contribution in [1.29, 1.82) is 0 Å². The van der Waals surface area contributed by atoms with Crippen molar-refractivity contribution in [3.8, 4) is 0 Å². The van der Waals surface area contributed by atoms with Crippen LogP contribution in [-0.2, 0) is 52.7 Å². The molecule has 28 nitrogen and oxygen atoms in total. The van der Waals surface area contributed by atoms with Crippen LogP contribution >= 0.6 is 0 Å². The molecule has 1 fully saturated rings. The molecule has 1 saturated heterocycles. The zero-order valence-corrected chi connectivity index (χ0v) is 39.6. The molecule has 0 spiro atoms. The number of aliphatic hydroxyl groups excluding tert-OH is 4. The summed E-state index contributed by atoms with van der Waals surface area (Å²) >= 11 is 0. The highest BCUT2D eigenvalue weighted by Gasteiger charge is 2.42. The maximum Gasteiger partial charge on any atom is 0.326 e. The van der Waals surface area contributed by atoms with Gasteiger partial charge in [-0.15, -0.1) is 0 Å². The second kappa shape index (κ2) is 29.7. The monoisotopic (exact) mass is 990 g/mol. The first kappa shape index (κ1) is 60.9. The number of nitrogens with zero attached hydrogens (tertiary/aromatic N) is 1. The van der Waals surface area contributed by atoms with Crippen LogP contribution in [0.2, 0.25) is 0 Å². The molecule has 1 aliphatic rings. The predicted octanol–water partition coefficient (Wildman–Crippen LogP) is -7.30. The van der Waals surface area contributed by atoms with Crippen molar-refractivity contribution in [2.45, 2.75) is 159 Å². The third-order valence-electron chi connectivity index (χ3n) is 10.8. The Bertz CT molecular complexity index is 1820. The summed E-state index contributed by atoms with van der Waals surface area (Å²) in [5.74, 6) is -12.5. The third kappa shape index (κ3) is 20.2. The molecule has 1 rings (SSSR count). The summed E-state index contributed by atoms with van der Waals surface area (Å²) in [7, 11) is 0. The number of carbonyl (C=O) groups excluding carboxylic acids is 9. The number of amides is 9. The second-order valence-corrected chi connectivity index (χ2v) is 17.1. The second-order valence-electron chi connectivity index (χ2n) is 17.1. The molecule has 392 valence electrons. The molecule has 0 aromatic rings. The molecule has 0 unspecified atom stereocenters. The molecule has 0 aromatic carbocycles. The van der Waals surface area contributed by atoms with E-state index in [4.69, 9.17) is 11.5 Å². The summed E-state index contributed by atoms with van der Waals surface area (Å²) in [6, 6.07) is -14.0. The first-order valence-corrected chi connectivity index (χ1v) is 22.4. The quantitative estimate of drug-likeness (QED) is 0.0297. The molecule has 0 saturated carbocycles. The molecule has 12 atom stereocenters. The fourth-order valence-corrected chi connectivity index (χ4v) is 6.79. The molecule has 9 amide bonds. The smallest absolute Gasteiger partial charge is 0.326 e. The van der Waals surface area contributed by atoms with Gasteiger partial charge in [0.2, 0.25) is 53.2 Å². The van der Waals surface area contributed by atoms with Crippen LogP contribution in [-0.4, -0.2) is 200 Å². The van der Waals surface area contributed by atoms with Crippen molar-refractivity contribution >= 4 is 65.1 Å². The van der Waals surface area contributed by atoms with Crippen LogP contribution in [0, 0.1) is 5.92 Å². The van der Waals surface area contributed by atoms with E-state index >= 15 is 0 Å². The molecular formula is C41H71N11O17. The molecule has 18 N–H and O–H groups in total. The standard InChI is InChI=1S/C41H71N11O17/c1-18(2)29(48-27(57)16-44-33(60)19(3)43)37(64)45-23(12-13-28(58)59)34(61)49-30(20(4)54)38(65)50-31(21(5)55)39(66)51-32(22(6)56)40(67)52-15-9-11-26(52)36(63)47-25(17-53)35(62)46-24(41(68)69)10-7-8-14-42/h18-26,29-32,53-56H,7-17,42-43H2,1-6H3,(H,44,60)(H,45,64)(H,46,62)(H,47,63)(H,48,57)(H,49,61)(H,50,65)(H,51,66)(H,58,59)(H,68,69)/t19-,20+,21+,22+,23-,24-,25-,26-,29-,30-,31-,32-/m0/s1. The zero-order chi connectivity index (χ0) is 52.9. The molecular weight excluding hydrogens is 919 g/mol. The fourth-order valence-electron chi connectivity index (χ4n) is 6.79. The van der Waals surface area contributed by atoms with Crippen molar-refractivity contribution in [3.63, 3.8) is 0 Å². The third-order valence-corrected chi connectivity index (χ3v) is 10.8. The summed E-state index contributed by atoms with van der Waals surface area (Å²) in [6.45, 7) is 6.36. The van der Waals surface area contributed by atoms with Crippen LogP contribution in [0.5, 0.6) is 0 Å². The molecule has 0 radical (unpaired) electrons. The Labute approximate surface area is 398 Å². The lowest BCUT2D eigenvalue weighted by Crippen LogP contribution is -2.64. The minimum atomic E-state index is -1.95. The van der Waals surface area contributed by atoms with Gasteiger partial charge in [0.25, 0.3) is 0 Å². The number of nitrogens with one attached hydrogen (secondary N) is 8. The predicted molar refractivity (Wildman–Crippen MR) is 239 cm³/mol. The van der Waals surface area contributed by atoms with Gasteiger partial charge >= 0.3 is 11.9 Å². The van der Waals surface area contributed by atoms with Crippen LogP contribution < -0.4 is 54.0 Å². The maximum atomic E-state index is 13.9. The van der Waals surface area contributed by atoms with Gasteiger partial charge in [0, 0.05) is 13.0 Å². The van der Waals surface area contributed by atoms with E-state index in [1.165, 1.54) is 20.8 Å². The van der Waals surface area contributed by atoms with E-state index in [0.29, 0.717) is 12.8 Å². The highest BCUT2D eigenvalue weighted by Crippen LogP contribution is 2.20. The summed E-state index contributed by atoms with van der Waals surface area (Å²) in [6.07, 6.45) is -5.31. The lowest BCUT2D eigenvalue weighted by atomic mass is 10.0. The highest BCUT2D eigenvalue weighted by molar-refractivity contribution is 5.99. The summed E-state index contributed by atoms with van der Waals surface area (Å²) in [5.41, 5.74) is 10.9. The lowest BCUT2D eigenvalue weighted by Gasteiger charge is -2.32. The molecule has 0 bridgehead atoms. The Hall–Kier alpha value is -6.07. The number of carboxylic acids is 2. The van der Waals surface area contributed by atoms with Gasteiger partial charge in [0.05, 0.1) is 37.5 Å². The number of carbonyl (C=O) groups is 11. The molecule has 0 aromatic heterocycles. The summed E-state index contributed by atoms with van der Waals surface area (Å²) in [5, 5.41) is 78.7. The van der Waals surface area contributed by atoms with Gasteiger partial charge in [-0.3, -0.25) is 47.9 Å². The van der Waals surface area contributed by atoms with Crippen molar-refractivity contribution in [3.05, 3.63) is 0 Å². The number of hydrogen-bond acceptors (Lipinski definition) is 17. The number of unbranched alkanes of at least 4 members (excludes halogenated alkanes) is 1. The average Bonchev–Trinajstić information content (AvgIpc) is 3.77. The van der Waals surface area contributed by atoms with Gasteiger partial charge in [-0.2, -0.15) is 0 Å². The normalized spacial score (nSPS) is 18.2. The number of hydrogen-bond donors (Lipinski definition) is 16. The van der Waals surface area contributed by atoms with Gasteiger partial charge in [0.15, 0.2) is 0 Å². The van der Waals surface area contributed by atoms with E-state index in [0.717, 1.165) is 25.7 Å². The number of rotatable bonds is 30. The van der Waals surface area contributed by atoms with E-state index in [-0.39, 0.29) is 32.4 Å². The summed E-state index contributed by atoms with van der Waals surface area (Å²) in [4.78, 5) is 143. The Morgan fingerprint density at radius 3 is 1.59 bits per heavy atom. The van der Waals surface area contributed by atoms with E-state index in [2.05, 4.69) is 42.5 Å². The number of nitrogens with two attached hydrogens (primary N) is 2. The van der Waals surface area contributed by atoms with E-state index < -0.39 is 170 Å². The van der Waals surface area contributed by atoms with Gasteiger partial charge in [-0.25, -0.2) is 4.79 Å². The van der Waals surface area contributed by atoms with Crippen LogP contribution in [0.3, 0.4) is 0 Å². The van der Waals surface area contributed by atoms with Gasteiger partial charge in [0.1, 0.15) is 48.3 Å². The van der Waals surface area contributed by atoms with Gasteiger partial charge in [-0.05, 0) is 78.7 Å². The minimum absolute atomic E-state index is 0.0158. The number of aliphatic carboxylic acids is 2. The van der Waals surface area contributed by atoms with Crippen LogP contribution in [0.25, 0.3) is 0 Å². The van der Waals surface area contributed by atoms with E-state index in [1.54, 1.807) is 0 Å². The van der Waals surface area contributed by atoms with Crippen LogP contribution in [0.15, 0.2) is 0 Å². The molecule has 28 heteroatoms. The van der Waals surface area contributed by atoms with Crippen molar-refractivity contribution in [2.24, 2.45) is 17.4 Å². The van der Waals surface area contributed by atoms with Crippen LogP contribution in [0.4, 0.5) is 0 Å². The van der Waals surface area contributed by atoms with Crippen LogP contribution in [0.1, 0.15) is 86.5 Å². The number of aliphatic hydroxyl groups is 4. The SMILES string of the molecule is CC(C)[C@H](NC(=O)CNC(=O)[C@H](C)N)C(=O)N[C@@H](CCC(=O)O)C(=O)N[C@H](C(=O)N[C@H](C(=O)N[C@H](C(=O)N1CCC[C@H]1C(=O)N[C@@H](CO)C(=O)N[C@@H](CCCCN)C(=O)O)[C@@H](C)O)[C@@H](C)O)[C@@H](C)O. The fraction of sp³-hybridized carbons (Fsp3) is 0.732. The van der Waals surface area contributed by atoms with Crippen molar-refractivity contribution < 1.29 is 83.4 Å². The van der Waals surface area contributed by atoms with Gasteiger partial charge < -0.3 is 89.5 Å². The first-order valence-electron chi connectivity index (χ1n) is 22.4.